The van der Waals surface area contributed by atoms with E-state index in [1.807, 2.05) is 20.9 Å². The first-order valence-electron chi connectivity index (χ1n) is 3.92. The molecular weight excluding hydrogens is 110 g/mol. The summed E-state index contributed by atoms with van der Waals surface area (Å²) in [4.78, 5) is 0. The van der Waals surface area contributed by atoms with E-state index >= 15 is 0 Å². The Hall–Kier alpha value is -0.0400. The van der Waals surface area contributed by atoms with Crippen molar-refractivity contribution >= 4 is 0 Å². The number of hydrogen-bond donors (Lipinski definition) is 1. The number of rotatable bonds is 3. The van der Waals surface area contributed by atoms with Crippen LogP contribution in [-0.2, 0) is 0 Å². The highest BCUT2D eigenvalue weighted by atomic mass is 14.8. The zero-order valence-corrected chi connectivity index (χ0v) is 7.49. The smallest absolute Gasteiger partial charge is 0.00495 e. The maximum Gasteiger partial charge on any atom is -0.00495 e. The summed E-state index contributed by atoms with van der Waals surface area (Å²) in [6, 6.07) is 0. The minimum Gasteiger partial charge on any atom is -0.320 e. The molecule has 0 saturated carbocycles. The van der Waals surface area contributed by atoms with Crippen LogP contribution >= 0.6 is 0 Å². The van der Waals surface area contributed by atoms with E-state index in [0.29, 0.717) is 0 Å². The first kappa shape index (κ1) is 11.7. The molecule has 0 aromatic rings. The van der Waals surface area contributed by atoms with Crippen LogP contribution in [0.1, 0.15) is 34.1 Å². The maximum absolute atomic E-state index is 3.10. The Labute approximate surface area is 59.8 Å². The normalized spacial score (nSPS) is 8.67. The Balaban J connectivity index is 0. The monoisotopic (exact) mass is 131 g/mol. The van der Waals surface area contributed by atoms with Crippen LogP contribution in [-0.4, -0.2) is 13.6 Å². The lowest BCUT2D eigenvalue weighted by Gasteiger charge is -2.00. The summed E-state index contributed by atoms with van der Waals surface area (Å²) in [6.07, 6.45) is 1.29. The fraction of sp³-hybridized carbons (Fsp3) is 1.00. The number of hydrogen-bond acceptors (Lipinski definition) is 1. The molecule has 0 unspecified atom stereocenters. The molecule has 1 N–H and O–H groups in total. The molecule has 1 heteroatoms. The molecule has 0 saturated heterocycles. The van der Waals surface area contributed by atoms with Gasteiger partial charge in [-0.15, -0.1) is 0 Å². The van der Waals surface area contributed by atoms with Crippen molar-refractivity contribution in [1.82, 2.24) is 5.32 Å². The van der Waals surface area contributed by atoms with Gasteiger partial charge in [-0.25, -0.2) is 0 Å². The first-order valence-corrected chi connectivity index (χ1v) is 3.92. The summed E-state index contributed by atoms with van der Waals surface area (Å²) in [5.41, 5.74) is 0. The van der Waals surface area contributed by atoms with Gasteiger partial charge in [-0.2, -0.15) is 0 Å². The van der Waals surface area contributed by atoms with Crippen molar-refractivity contribution in [2.45, 2.75) is 34.1 Å². The zero-order chi connectivity index (χ0) is 7.70. The third-order valence-corrected chi connectivity index (χ3v) is 0.972. The van der Waals surface area contributed by atoms with Crippen LogP contribution in [0.3, 0.4) is 0 Å². The van der Waals surface area contributed by atoms with E-state index < -0.39 is 0 Å². The predicted octanol–water partition coefficient (Wildman–Crippen LogP) is 2.28. The van der Waals surface area contributed by atoms with Crippen LogP contribution in [0.25, 0.3) is 0 Å². The van der Waals surface area contributed by atoms with Crippen LogP contribution in [0.5, 0.6) is 0 Å². The molecule has 58 valence electrons. The highest BCUT2D eigenvalue weighted by molar-refractivity contribution is 4.45. The van der Waals surface area contributed by atoms with Crippen LogP contribution in [0.15, 0.2) is 0 Å². The Kier molecular flexibility index (Phi) is 14.1. The van der Waals surface area contributed by atoms with E-state index in [4.69, 9.17) is 0 Å². The van der Waals surface area contributed by atoms with Gasteiger partial charge in [0.15, 0.2) is 0 Å². The highest BCUT2D eigenvalue weighted by Crippen LogP contribution is 1.94. The van der Waals surface area contributed by atoms with Gasteiger partial charge in [-0.05, 0) is 25.9 Å². The fourth-order valence-electron chi connectivity index (χ4n) is 0.433. The molecule has 0 spiro atoms. The zero-order valence-electron chi connectivity index (χ0n) is 7.49. The molecule has 0 atom stereocenters. The van der Waals surface area contributed by atoms with Crippen molar-refractivity contribution in [2.75, 3.05) is 13.6 Å². The summed E-state index contributed by atoms with van der Waals surface area (Å²) in [5, 5.41) is 3.10. The average Bonchev–Trinajstić information content (AvgIpc) is 1.88. The predicted molar refractivity (Wildman–Crippen MR) is 44.7 cm³/mol. The van der Waals surface area contributed by atoms with Crippen LogP contribution < -0.4 is 5.32 Å². The van der Waals surface area contributed by atoms with Crippen LogP contribution in [0.4, 0.5) is 0 Å². The van der Waals surface area contributed by atoms with Gasteiger partial charge in [0.05, 0.1) is 0 Å². The molecule has 0 amide bonds. The Bertz CT molecular complexity index is 33.5. The molecule has 0 fully saturated rings. The molecule has 1 nitrogen and oxygen atoms in total. The average molecular weight is 131 g/mol. The van der Waals surface area contributed by atoms with Gasteiger partial charge in [-0.3, -0.25) is 0 Å². The molecule has 0 aromatic carbocycles. The van der Waals surface area contributed by atoms with E-state index in [1.165, 1.54) is 6.42 Å². The SMILES string of the molecule is CC.CNCCC(C)C. The van der Waals surface area contributed by atoms with E-state index in [-0.39, 0.29) is 0 Å². The third kappa shape index (κ3) is 18.0. The van der Waals surface area contributed by atoms with E-state index in [9.17, 15) is 0 Å². The number of nitrogens with one attached hydrogen (secondary N) is 1. The third-order valence-electron chi connectivity index (χ3n) is 0.972. The van der Waals surface area contributed by atoms with Crippen LogP contribution in [0, 0.1) is 5.92 Å². The minimum absolute atomic E-state index is 0.840. The van der Waals surface area contributed by atoms with Crippen molar-refractivity contribution < 1.29 is 0 Å². The van der Waals surface area contributed by atoms with E-state index in [2.05, 4.69) is 19.2 Å². The van der Waals surface area contributed by atoms with Crippen molar-refractivity contribution in [3.8, 4) is 0 Å². The summed E-state index contributed by atoms with van der Waals surface area (Å²) < 4.78 is 0. The molecular formula is C8H21N. The fourth-order valence-corrected chi connectivity index (χ4v) is 0.433. The van der Waals surface area contributed by atoms with Crippen molar-refractivity contribution in [1.29, 1.82) is 0 Å². The van der Waals surface area contributed by atoms with E-state index in [0.717, 1.165) is 12.5 Å². The van der Waals surface area contributed by atoms with Gasteiger partial charge in [0.25, 0.3) is 0 Å². The first-order chi connectivity index (χ1) is 4.27. The molecule has 0 bridgehead atoms. The Morgan fingerprint density at radius 1 is 1.22 bits per heavy atom. The second kappa shape index (κ2) is 10.9. The van der Waals surface area contributed by atoms with Gasteiger partial charge in [0, 0.05) is 0 Å². The Morgan fingerprint density at radius 3 is 1.78 bits per heavy atom. The second-order valence-corrected chi connectivity index (χ2v) is 2.29. The second-order valence-electron chi connectivity index (χ2n) is 2.29. The molecule has 0 rings (SSSR count). The van der Waals surface area contributed by atoms with Crippen molar-refractivity contribution in [3.63, 3.8) is 0 Å². The molecule has 9 heavy (non-hydrogen) atoms. The standard InChI is InChI=1S/C6H15N.C2H6/c1-6(2)4-5-7-3;1-2/h6-7H,4-5H2,1-3H3;1-2H3. The van der Waals surface area contributed by atoms with Gasteiger partial charge in [0.1, 0.15) is 0 Å². The summed E-state index contributed by atoms with van der Waals surface area (Å²) >= 11 is 0. The topological polar surface area (TPSA) is 12.0 Å². The molecule has 0 aliphatic carbocycles. The van der Waals surface area contributed by atoms with Crippen molar-refractivity contribution in [2.24, 2.45) is 5.92 Å². The minimum atomic E-state index is 0.840. The van der Waals surface area contributed by atoms with Gasteiger partial charge in [-0.1, -0.05) is 27.7 Å². The molecule has 0 aliphatic heterocycles. The summed E-state index contributed by atoms with van der Waals surface area (Å²) in [6.45, 7) is 9.62. The highest BCUT2D eigenvalue weighted by Gasteiger charge is 1.88. The lowest BCUT2D eigenvalue weighted by atomic mass is 10.1. The Morgan fingerprint density at radius 2 is 1.67 bits per heavy atom. The van der Waals surface area contributed by atoms with E-state index in [1.54, 1.807) is 0 Å². The summed E-state index contributed by atoms with van der Waals surface area (Å²) in [5.74, 6) is 0.840. The maximum atomic E-state index is 3.10. The quantitative estimate of drug-likeness (QED) is 0.619. The van der Waals surface area contributed by atoms with Gasteiger partial charge < -0.3 is 5.32 Å². The molecule has 0 radical (unpaired) electrons. The molecule has 0 aromatic heterocycles. The lowest BCUT2D eigenvalue weighted by Crippen LogP contribution is -2.09. The van der Waals surface area contributed by atoms with Crippen molar-refractivity contribution in [3.05, 3.63) is 0 Å². The molecule has 0 heterocycles. The van der Waals surface area contributed by atoms with Gasteiger partial charge >= 0.3 is 0 Å². The molecule has 0 aliphatic rings. The summed E-state index contributed by atoms with van der Waals surface area (Å²) in [7, 11) is 1.99. The van der Waals surface area contributed by atoms with Gasteiger partial charge in [0.2, 0.25) is 0 Å². The lowest BCUT2D eigenvalue weighted by molar-refractivity contribution is 0.562. The largest absolute Gasteiger partial charge is 0.320 e. The van der Waals surface area contributed by atoms with Crippen LogP contribution in [0.2, 0.25) is 0 Å².